The van der Waals surface area contributed by atoms with E-state index in [2.05, 4.69) is 5.43 Å². The quantitative estimate of drug-likeness (QED) is 0.492. The van der Waals surface area contributed by atoms with Crippen LogP contribution in [-0.4, -0.2) is 30.2 Å². The van der Waals surface area contributed by atoms with Gasteiger partial charge in [0.2, 0.25) is 0 Å². The van der Waals surface area contributed by atoms with Gasteiger partial charge in [0.1, 0.15) is 0 Å². The first-order chi connectivity index (χ1) is 6.52. The van der Waals surface area contributed by atoms with Gasteiger partial charge in [-0.05, 0) is 12.1 Å². The Labute approximate surface area is 82.1 Å². The molecule has 0 aliphatic carbocycles. The highest BCUT2D eigenvalue weighted by Crippen LogP contribution is 2.23. The first kappa shape index (κ1) is 10.3. The molecular weight excluding hydrogens is 182 g/mol. The molecule has 1 rings (SSSR count). The number of rotatable bonds is 3. The lowest BCUT2D eigenvalue weighted by Crippen LogP contribution is -2.22. The molecule has 5 nitrogen and oxygen atoms in total. The van der Waals surface area contributed by atoms with Gasteiger partial charge in [0, 0.05) is 14.1 Å². The van der Waals surface area contributed by atoms with Crippen LogP contribution in [0.5, 0.6) is 0 Å². The standard InChI is InChI=1S/C9H13N3O2/c1-12(2)11-8-6(9(13)14)4-3-5-7(8)10/h3-5,11H,10H2,1-2H3,(H,13,14). The van der Waals surface area contributed by atoms with Crippen molar-refractivity contribution in [3.8, 4) is 0 Å². The maximum atomic E-state index is 10.8. The molecule has 14 heavy (non-hydrogen) atoms. The molecule has 0 bridgehead atoms. The Morgan fingerprint density at radius 2 is 2.14 bits per heavy atom. The molecule has 0 radical (unpaired) electrons. The number of carboxylic acids is 1. The summed E-state index contributed by atoms with van der Waals surface area (Å²) in [6, 6.07) is 4.77. The van der Waals surface area contributed by atoms with Crippen molar-refractivity contribution in [3.63, 3.8) is 0 Å². The van der Waals surface area contributed by atoms with Crippen LogP contribution in [0.25, 0.3) is 0 Å². The summed E-state index contributed by atoms with van der Waals surface area (Å²) in [5.41, 5.74) is 9.51. The van der Waals surface area contributed by atoms with Gasteiger partial charge in [-0.15, -0.1) is 0 Å². The van der Waals surface area contributed by atoms with Crippen molar-refractivity contribution in [2.45, 2.75) is 0 Å². The fraction of sp³-hybridized carbons (Fsp3) is 0.222. The largest absolute Gasteiger partial charge is 0.478 e. The molecule has 0 aliphatic heterocycles. The van der Waals surface area contributed by atoms with E-state index < -0.39 is 5.97 Å². The highest BCUT2D eigenvalue weighted by Gasteiger charge is 2.12. The van der Waals surface area contributed by atoms with Gasteiger partial charge in [0.15, 0.2) is 0 Å². The van der Waals surface area contributed by atoms with Crippen LogP contribution in [0.1, 0.15) is 10.4 Å². The van der Waals surface area contributed by atoms with E-state index in [1.54, 1.807) is 31.2 Å². The van der Waals surface area contributed by atoms with E-state index in [1.807, 2.05) is 0 Å². The van der Waals surface area contributed by atoms with Gasteiger partial charge in [0.05, 0.1) is 16.9 Å². The summed E-state index contributed by atoms with van der Waals surface area (Å²) in [4.78, 5) is 10.8. The molecule has 0 aromatic heterocycles. The Kier molecular flexibility index (Phi) is 2.93. The molecule has 0 saturated carbocycles. The minimum atomic E-state index is -0.998. The minimum Gasteiger partial charge on any atom is -0.478 e. The van der Waals surface area contributed by atoms with Gasteiger partial charge in [0.25, 0.3) is 0 Å². The predicted molar refractivity (Wildman–Crippen MR) is 55.1 cm³/mol. The smallest absolute Gasteiger partial charge is 0.337 e. The number of nitrogens with one attached hydrogen (secondary N) is 1. The molecule has 0 atom stereocenters. The molecule has 1 aromatic rings. The first-order valence-electron chi connectivity index (χ1n) is 4.08. The number of hydrogen-bond acceptors (Lipinski definition) is 4. The summed E-state index contributed by atoms with van der Waals surface area (Å²) in [6.45, 7) is 0. The third-order valence-electron chi connectivity index (χ3n) is 1.66. The monoisotopic (exact) mass is 195 g/mol. The van der Waals surface area contributed by atoms with Crippen molar-refractivity contribution in [2.24, 2.45) is 0 Å². The second kappa shape index (κ2) is 3.97. The maximum Gasteiger partial charge on any atom is 0.337 e. The normalized spacial score (nSPS) is 10.2. The Balaban J connectivity index is 3.15. The summed E-state index contributed by atoms with van der Waals surface area (Å²) in [5.74, 6) is -0.998. The van der Waals surface area contributed by atoms with Gasteiger partial charge in [-0.1, -0.05) is 6.07 Å². The number of anilines is 2. The summed E-state index contributed by atoms with van der Waals surface area (Å²) in [6.07, 6.45) is 0. The van der Waals surface area contributed by atoms with Crippen LogP contribution >= 0.6 is 0 Å². The highest BCUT2D eigenvalue weighted by molar-refractivity contribution is 5.97. The number of hydrazine groups is 1. The van der Waals surface area contributed by atoms with Gasteiger partial charge in [-0.3, -0.25) is 0 Å². The van der Waals surface area contributed by atoms with Crippen molar-refractivity contribution in [2.75, 3.05) is 25.3 Å². The van der Waals surface area contributed by atoms with E-state index in [0.29, 0.717) is 11.4 Å². The number of carbonyl (C=O) groups is 1. The van der Waals surface area contributed by atoms with E-state index >= 15 is 0 Å². The zero-order chi connectivity index (χ0) is 10.7. The van der Waals surface area contributed by atoms with Crippen LogP contribution in [0.15, 0.2) is 18.2 Å². The fourth-order valence-electron chi connectivity index (χ4n) is 1.10. The summed E-state index contributed by atoms with van der Waals surface area (Å²) < 4.78 is 0. The van der Waals surface area contributed by atoms with Gasteiger partial charge >= 0.3 is 5.97 Å². The Morgan fingerprint density at radius 1 is 1.50 bits per heavy atom. The predicted octanol–water partition coefficient (Wildman–Crippen LogP) is 0.856. The molecular formula is C9H13N3O2. The van der Waals surface area contributed by atoms with E-state index in [0.717, 1.165) is 0 Å². The maximum absolute atomic E-state index is 10.8. The Hall–Kier alpha value is -1.75. The summed E-state index contributed by atoms with van der Waals surface area (Å²) in [7, 11) is 3.52. The number of nitrogens with two attached hydrogens (primary N) is 1. The Bertz CT molecular complexity index is 350. The number of nitrogens with zero attached hydrogens (tertiary/aromatic N) is 1. The number of aromatic carboxylic acids is 1. The highest BCUT2D eigenvalue weighted by atomic mass is 16.4. The van der Waals surface area contributed by atoms with Crippen LogP contribution in [0.2, 0.25) is 0 Å². The molecule has 0 heterocycles. The molecule has 76 valence electrons. The number of carboxylic acid groups (broad SMARTS) is 1. The van der Waals surface area contributed by atoms with Gasteiger partial charge in [-0.2, -0.15) is 0 Å². The number of hydrogen-bond donors (Lipinski definition) is 3. The summed E-state index contributed by atoms with van der Waals surface area (Å²) >= 11 is 0. The third kappa shape index (κ3) is 2.14. The minimum absolute atomic E-state index is 0.165. The molecule has 0 spiro atoms. The van der Waals surface area contributed by atoms with Crippen LogP contribution in [0.4, 0.5) is 11.4 Å². The third-order valence-corrected chi connectivity index (χ3v) is 1.66. The molecule has 0 aliphatic rings. The molecule has 5 heteroatoms. The zero-order valence-corrected chi connectivity index (χ0v) is 8.11. The topological polar surface area (TPSA) is 78.6 Å². The van der Waals surface area contributed by atoms with Crippen LogP contribution < -0.4 is 11.2 Å². The van der Waals surface area contributed by atoms with E-state index in [-0.39, 0.29) is 5.56 Å². The van der Waals surface area contributed by atoms with E-state index in [4.69, 9.17) is 10.8 Å². The average molecular weight is 195 g/mol. The molecule has 0 unspecified atom stereocenters. The molecule has 0 amide bonds. The molecule has 0 saturated heterocycles. The SMILES string of the molecule is CN(C)Nc1c(N)cccc1C(=O)O. The second-order valence-electron chi connectivity index (χ2n) is 3.08. The van der Waals surface area contributed by atoms with E-state index in [1.165, 1.54) is 6.07 Å². The van der Waals surface area contributed by atoms with Crippen molar-refractivity contribution in [3.05, 3.63) is 23.8 Å². The zero-order valence-electron chi connectivity index (χ0n) is 8.11. The molecule has 4 N–H and O–H groups in total. The van der Waals surface area contributed by atoms with Crippen LogP contribution in [0, 0.1) is 0 Å². The van der Waals surface area contributed by atoms with Gasteiger partial charge in [-0.25, -0.2) is 9.80 Å². The lowest BCUT2D eigenvalue weighted by atomic mass is 10.1. The lowest BCUT2D eigenvalue weighted by molar-refractivity contribution is 0.0697. The molecule has 0 fully saturated rings. The number of nitrogen functional groups attached to an aromatic ring is 1. The van der Waals surface area contributed by atoms with Crippen molar-refractivity contribution >= 4 is 17.3 Å². The van der Waals surface area contributed by atoms with Crippen LogP contribution in [-0.2, 0) is 0 Å². The van der Waals surface area contributed by atoms with Crippen molar-refractivity contribution < 1.29 is 9.90 Å². The summed E-state index contributed by atoms with van der Waals surface area (Å²) in [5, 5.41) is 10.5. The van der Waals surface area contributed by atoms with Crippen molar-refractivity contribution in [1.29, 1.82) is 0 Å². The lowest BCUT2D eigenvalue weighted by Gasteiger charge is -2.17. The number of benzene rings is 1. The first-order valence-corrected chi connectivity index (χ1v) is 4.08. The van der Waals surface area contributed by atoms with E-state index in [9.17, 15) is 4.79 Å². The molecule has 1 aromatic carbocycles. The average Bonchev–Trinajstić information content (AvgIpc) is 2.07. The van der Waals surface area contributed by atoms with Crippen molar-refractivity contribution in [1.82, 2.24) is 5.01 Å². The fourth-order valence-corrected chi connectivity index (χ4v) is 1.10. The number of para-hydroxylation sites is 1. The second-order valence-corrected chi connectivity index (χ2v) is 3.08. The van der Waals surface area contributed by atoms with Gasteiger partial charge < -0.3 is 16.3 Å². The Morgan fingerprint density at radius 3 is 2.64 bits per heavy atom. The van der Waals surface area contributed by atoms with Crippen LogP contribution in [0.3, 0.4) is 0 Å².